The molecule has 0 rings (SSSR count). The van der Waals surface area contributed by atoms with Gasteiger partial charge in [-0.25, -0.2) is 4.39 Å². The molecule has 0 aliphatic carbocycles. The van der Waals surface area contributed by atoms with Crippen molar-refractivity contribution in [1.29, 1.82) is 0 Å². The Labute approximate surface area is 118 Å². The van der Waals surface area contributed by atoms with Gasteiger partial charge in [0, 0.05) is 6.92 Å². The van der Waals surface area contributed by atoms with Crippen molar-refractivity contribution in [1.82, 2.24) is 0 Å². The molecule has 0 aromatic heterocycles. The summed E-state index contributed by atoms with van der Waals surface area (Å²) in [6.45, 7) is 3.63. The molecule has 0 aromatic rings. The molecule has 0 aliphatic rings. The van der Waals surface area contributed by atoms with E-state index in [9.17, 15) is 18.0 Å². The number of hydrogen-bond acceptors (Lipinski definition) is 6. The van der Waals surface area contributed by atoms with Crippen LogP contribution in [-0.4, -0.2) is 46.5 Å². The molecule has 0 bridgehead atoms. The lowest BCUT2D eigenvalue weighted by Gasteiger charge is -2.34. The lowest BCUT2D eigenvalue weighted by Crippen LogP contribution is -2.39. The van der Waals surface area contributed by atoms with E-state index >= 15 is 0 Å². The van der Waals surface area contributed by atoms with Crippen LogP contribution in [0.2, 0.25) is 0 Å². The number of hydrogen-bond donors (Lipinski definition) is 3. The van der Waals surface area contributed by atoms with Crippen LogP contribution in [0.15, 0.2) is 0 Å². The number of thiol groups is 1. The van der Waals surface area contributed by atoms with Gasteiger partial charge in [0.05, 0.1) is 7.11 Å². The first-order valence-corrected chi connectivity index (χ1v) is 7.45. The fraction of sp³-hybridized carbons (Fsp3) is 0.889. The summed E-state index contributed by atoms with van der Waals surface area (Å²) in [6, 6.07) is 0. The van der Waals surface area contributed by atoms with Crippen LogP contribution in [0.5, 0.6) is 0 Å². The smallest absolute Gasteiger partial charge is 0.375 e. The Morgan fingerprint density at radius 1 is 1.37 bits per heavy atom. The molecule has 0 saturated carbocycles. The predicted octanol–water partition coefficient (Wildman–Crippen LogP) is 3.36. The SMILES string of the molecule is CC.COS(O)(O)C(F)(F)C(F)COC(C)=O.CS. The van der Waals surface area contributed by atoms with Crippen LogP contribution < -0.4 is 0 Å². The molecule has 1 atom stereocenters. The monoisotopic (exact) mass is 330 g/mol. The molecule has 2 N–H and O–H groups in total. The molecule has 0 fully saturated rings. The maximum atomic E-state index is 12.9. The highest BCUT2D eigenvalue weighted by Gasteiger charge is 2.56. The molecule has 0 spiro atoms. The fourth-order valence-corrected chi connectivity index (χ4v) is 1.19. The minimum absolute atomic E-state index is 0.599. The molecule has 0 aromatic carbocycles. The van der Waals surface area contributed by atoms with Crippen molar-refractivity contribution in [2.75, 3.05) is 20.0 Å². The van der Waals surface area contributed by atoms with Crippen LogP contribution in [0.25, 0.3) is 0 Å². The number of ether oxygens (including phenoxy) is 1. The number of carbonyl (C=O) groups is 1. The predicted molar refractivity (Wildman–Crippen MR) is 72.6 cm³/mol. The summed E-state index contributed by atoms with van der Waals surface area (Å²) in [5.74, 6) is -0.956. The second-order valence-corrected chi connectivity index (χ2v) is 4.37. The van der Waals surface area contributed by atoms with Gasteiger partial charge in [-0.1, -0.05) is 13.8 Å². The van der Waals surface area contributed by atoms with Crippen LogP contribution in [0.3, 0.4) is 0 Å². The van der Waals surface area contributed by atoms with Gasteiger partial charge in [-0.2, -0.15) is 21.4 Å². The Morgan fingerprint density at radius 3 is 2.00 bits per heavy atom. The standard InChI is InChI=1S/C6H11F3O5S.C2H6.CH4S/c1-4(10)14-3-5(7)6(8,9)15(11,12)13-2;2*1-2/h5,11-12H,3H2,1-2H3;1-2H3;2H,1H3. The Hall–Kier alpha value is -0.160. The molecule has 120 valence electrons. The number of halogens is 3. The molecule has 0 heterocycles. The first-order chi connectivity index (χ1) is 8.65. The number of carbonyl (C=O) groups excluding carboxylic acids is 1. The van der Waals surface area contributed by atoms with E-state index in [1.807, 2.05) is 13.8 Å². The molecule has 1 unspecified atom stereocenters. The minimum atomic E-state index is -4.84. The minimum Gasteiger partial charge on any atom is -0.462 e. The molecule has 5 nitrogen and oxygen atoms in total. The van der Waals surface area contributed by atoms with E-state index in [4.69, 9.17) is 9.11 Å². The van der Waals surface area contributed by atoms with Crippen LogP contribution in [0.4, 0.5) is 13.2 Å². The van der Waals surface area contributed by atoms with E-state index in [0.29, 0.717) is 7.11 Å². The van der Waals surface area contributed by atoms with Crippen molar-refractivity contribution in [3.63, 3.8) is 0 Å². The van der Waals surface area contributed by atoms with E-state index in [0.717, 1.165) is 6.92 Å². The summed E-state index contributed by atoms with van der Waals surface area (Å²) < 4.78 is 63.6. The Balaban J connectivity index is -0.000000579. The lowest BCUT2D eigenvalue weighted by atomic mass is 10.4. The van der Waals surface area contributed by atoms with E-state index in [1.165, 1.54) is 0 Å². The maximum Gasteiger partial charge on any atom is 0.375 e. The quantitative estimate of drug-likeness (QED) is 0.532. The van der Waals surface area contributed by atoms with Crippen molar-refractivity contribution in [3.05, 3.63) is 0 Å². The Bertz CT molecular complexity index is 242. The van der Waals surface area contributed by atoms with Crippen LogP contribution >= 0.6 is 23.5 Å². The van der Waals surface area contributed by atoms with Gasteiger partial charge in [-0.3, -0.25) is 8.98 Å². The first kappa shape index (κ1) is 23.9. The molecule has 0 saturated heterocycles. The third-order valence-electron chi connectivity index (χ3n) is 1.38. The van der Waals surface area contributed by atoms with Gasteiger partial charge >= 0.3 is 11.2 Å². The summed E-state index contributed by atoms with van der Waals surface area (Å²) in [4.78, 5) is 10.2. The second kappa shape index (κ2) is 11.6. The third kappa shape index (κ3) is 8.58. The first-order valence-electron chi connectivity index (χ1n) is 5.08. The Morgan fingerprint density at radius 2 is 1.74 bits per heavy atom. The largest absolute Gasteiger partial charge is 0.462 e. The van der Waals surface area contributed by atoms with Crippen LogP contribution in [0, 0.1) is 0 Å². The van der Waals surface area contributed by atoms with Gasteiger partial charge in [0.1, 0.15) is 6.61 Å². The molecule has 10 heteroatoms. The van der Waals surface area contributed by atoms with Crippen molar-refractivity contribution in [2.24, 2.45) is 0 Å². The van der Waals surface area contributed by atoms with E-state index in [2.05, 4.69) is 21.5 Å². The van der Waals surface area contributed by atoms with Crippen molar-refractivity contribution in [3.8, 4) is 0 Å². The highest BCUT2D eigenvalue weighted by atomic mass is 32.3. The van der Waals surface area contributed by atoms with Crippen LogP contribution in [-0.2, 0) is 13.7 Å². The normalized spacial score (nSPS) is 13.2. The molecule has 0 aliphatic heterocycles. The van der Waals surface area contributed by atoms with Crippen molar-refractivity contribution >= 4 is 29.5 Å². The number of rotatable bonds is 5. The number of esters is 1. The highest BCUT2D eigenvalue weighted by Crippen LogP contribution is 2.57. The van der Waals surface area contributed by atoms with Gasteiger partial charge in [0.25, 0.3) is 0 Å². The third-order valence-corrected chi connectivity index (χ3v) is 2.81. The van der Waals surface area contributed by atoms with Gasteiger partial charge < -0.3 is 13.8 Å². The maximum absolute atomic E-state index is 12.9. The zero-order valence-corrected chi connectivity index (χ0v) is 13.1. The van der Waals surface area contributed by atoms with Crippen molar-refractivity contribution < 1.29 is 36.0 Å². The fourth-order valence-electron chi connectivity index (χ4n) is 0.565. The summed E-state index contributed by atoms with van der Waals surface area (Å²) in [5.41, 5.74) is 0. The van der Waals surface area contributed by atoms with Gasteiger partial charge in [-0.15, -0.1) is 0 Å². The van der Waals surface area contributed by atoms with Crippen LogP contribution in [0.1, 0.15) is 20.8 Å². The number of alkyl halides is 3. The zero-order valence-electron chi connectivity index (χ0n) is 11.4. The van der Waals surface area contributed by atoms with Gasteiger partial charge in [-0.05, 0) is 6.26 Å². The second-order valence-electron chi connectivity index (χ2n) is 2.50. The average molecular weight is 330 g/mol. The summed E-state index contributed by atoms with van der Waals surface area (Å²) in [7, 11) is -4.25. The molecule has 0 radical (unpaired) electrons. The van der Waals surface area contributed by atoms with E-state index in [1.54, 1.807) is 6.26 Å². The molecule has 0 amide bonds. The summed E-state index contributed by atoms with van der Waals surface area (Å²) in [6.07, 6.45) is -1.36. The topological polar surface area (TPSA) is 76.0 Å². The Kier molecular flexibility index (Phi) is 14.7. The molecular weight excluding hydrogens is 309 g/mol. The van der Waals surface area contributed by atoms with Crippen molar-refractivity contribution in [2.45, 2.75) is 32.2 Å². The highest BCUT2D eigenvalue weighted by molar-refractivity contribution is 8.21. The molecular formula is C9H21F3O5S2. The zero-order chi connectivity index (χ0) is 16.3. The average Bonchev–Trinajstić information content (AvgIpc) is 2.40. The van der Waals surface area contributed by atoms with Gasteiger partial charge in [0.2, 0.25) is 6.17 Å². The lowest BCUT2D eigenvalue weighted by molar-refractivity contribution is -0.146. The van der Waals surface area contributed by atoms with Gasteiger partial charge in [0.15, 0.2) is 10.9 Å². The molecule has 19 heavy (non-hydrogen) atoms. The van der Waals surface area contributed by atoms with E-state index < -0.39 is 34.9 Å². The summed E-state index contributed by atoms with van der Waals surface area (Å²) >= 11 is 3.53. The summed E-state index contributed by atoms with van der Waals surface area (Å²) in [5, 5.41) is -4.53. The van der Waals surface area contributed by atoms with E-state index in [-0.39, 0.29) is 0 Å².